The van der Waals surface area contributed by atoms with Gasteiger partial charge in [0.25, 0.3) is 5.91 Å². The first-order chi connectivity index (χ1) is 15.7. The molecule has 0 unspecified atom stereocenters. The Kier molecular flexibility index (Phi) is 5.71. The second-order valence-electron chi connectivity index (χ2n) is 7.17. The van der Waals surface area contributed by atoms with Gasteiger partial charge in [-0.15, -0.1) is 0 Å². The van der Waals surface area contributed by atoms with Crippen LogP contribution in [-0.4, -0.2) is 33.1 Å². The van der Waals surface area contributed by atoms with Crippen LogP contribution in [0.5, 0.6) is 0 Å². The number of carbonyl (C=O) groups is 2. The Bertz CT molecular complexity index is 1400. The minimum Gasteiger partial charge on any atom is -0.465 e. The summed E-state index contributed by atoms with van der Waals surface area (Å²) in [7, 11) is -2.48. The van der Waals surface area contributed by atoms with Crippen molar-refractivity contribution in [1.29, 1.82) is 0 Å². The Labute approximate surface area is 189 Å². The molecule has 4 rings (SSSR count). The number of esters is 1. The van der Waals surface area contributed by atoms with Gasteiger partial charge in [0, 0.05) is 5.56 Å². The first-order valence-corrected chi connectivity index (χ1v) is 11.2. The van der Waals surface area contributed by atoms with Crippen molar-refractivity contribution in [3.05, 3.63) is 77.6 Å². The molecule has 9 nitrogen and oxygen atoms in total. The van der Waals surface area contributed by atoms with Gasteiger partial charge in [-0.3, -0.25) is 4.79 Å². The molecule has 0 saturated heterocycles. The zero-order valence-electron chi connectivity index (χ0n) is 17.7. The van der Waals surface area contributed by atoms with E-state index in [0.717, 1.165) is 0 Å². The van der Waals surface area contributed by atoms with E-state index in [2.05, 4.69) is 9.84 Å². The standard InChI is InChI=1S/C23H19N3O6S/c1-14-20(22(27)26(25-14)17-7-3-16(4-8-17)23(28)31-2)13-18-9-12-21(32-18)15-5-10-19(11-6-15)33(24,29)30/h3-13H,1-2H3,(H2,24,29,30)/b20-13-. The number of furan rings is 1. The monoisotopic (exact) mass is 465 g/mol. The van der Waals surface area contributed by atoms with Crippen LogP contribution < -0.4 is 10.1 Å². The quantitative estimate of drug-likeness (QED) is 0.455. The van der Waals surface area contributed by atoms with Crippen LogP contribution in [0.3, 0.4) is 0 Å². The minimum atomic E-state index is -3.78. The van der Waals surface area contributed by atoms with Crippen LogP contribution in [0.4, 0.5) is 5.69 Å². The van der Waals surface area contributed by atoms with Crippen LogP contribution >= 0.6 is 0 Å². The number of hydrogen-bond acceptors (Lipinski definition) is 7. The Hall–Kier alpha value is -4.02. The molecule has 33 heavy (non-hydrogen) atoms. The molecule has 1 aromatic heterocycles. The van der Waals surface area contributed by atoms with Crippen molar-refractivity contribution in [2.24, 2.45) is 10.2 Å². The maximum absolute atomic E-state index is 12.9. The van der Waals surface area contributed by atoms with Crippen LogP contribution in [0.1, 0.15) is 23.0 Å². The van der Waals surface area contributed by atoms with E-state index in [1.165, 1.54) is 24.3 Å². The Morgan fingerprint density at radius 1 is 1.06 bits per heavy atom. The van der Waals surface area contributed by atoms with Crippen molar-refractivity contribution in [3.8, 4) is 11.3 Å². The van der Waals surface area contributed by atoms with Crippen LogP contribution in [0, 0.1) is 0 Å². The highest BCUT2D eigenvalue weighted by Crippen LogP contribution is 2.28. The molecule has 0 aliphatic carbocycles. The molecule has 2 aromatic carbocycles. The van der Waals surface area contributed by atoms with Crippen LogP contribution in [0.25, 0.3) is 17.4 Å². The van der Waals surface area contributed by atoms with E-state index < -0.39 is 16.0 Å². The molecule has 168 valence electrons. The van der Waals surface area contributed by atoms with E-state index in [-0.39, 0.29) is 10.8 Å². The topological polar surface area (TPSA) is 132 Å². The van der Waals surface area contributed by atoms with E-state index >= 15 is 0 Å². The van der Waals surface area contributed by atoms with E-state index in [0.29, 0.717) is 39.6 Å². The second-order valence-corrected chi connectivity index (χ2v) is 8.73. The zero-order valence-corrected chi connectivity index (χ0v) is 18.5. The molecular weight excluding hydrogens is 446 g/mol. The van der Waals surface area contributed by atoms with Gasteiger partial charge in [-0.05, 0) is 73.7 Å². The van der Waals surface area contributed by atoms with Crippen molar-refractivity contribution in [2.45, 2.75) is 11.8 Å². The van der Waals surface area contributed by atoms with Gasteiger partial charge in [0.15, 0.2) is 0 Å². The average molecular weight is 465 g/mol. The number of methoxy groups -OCH3 is 1. The summed E-state index contributed by atoms with van der Waals surface area (Å²) in [5, 5.41) is 10.7. The molecule has 0 bridgehead atoms. The highest BCUT2D eigenvalue weighted by atomic mass is 32.2. The lowest BCUT2D eigenvalue weighted by atomic mass is 10.1. The largest absolute Gasteiger partial charge is 0.465 e. The fourth-order valence-corrected chi connectivity index (χ4v) is 3.77. The third-order valence-electron chi connectivity index (χ3n) is 4.98. The lowest BCUT2D eigenvalue weighted by molar-refractivity contribution is -0.114. The number of benzene rings is 2. The van der Waals surface area contributed by atoms with Crippen molar-refractivity contribution in [1.82, 2.24) is 0 Å². The molecule has 1 aliphatic heterocycles. The Balaban J connectivity index is 1.56. The molecule has 1 aliphatic rings. The van der Waals surface area contributed by atoms with Crippen molar-refractivity contribution >= 4 is 39.4 Å². The molecule has 0 radical (unpaired) electrons. The number of nitrogens with two attached hydrogens (primary N) is 1. The number of primary sulfonamides is 1. The summed E-state index contributed by atoms with van der Waals surface area (Å²) in [6.45, 7) is 1.71. The first kappa shape index (κ1) is 22.2. The molecule has 0 atom stereocenters. The highest BCUT2D eigenvalue weighted by Gasteiger charge is 2.29. The second kappa shape index (κ2) is 8.49. The number of nitrogens with zero attached hydrogens (tertiary/aromatic N) is 2. The number of rotatable bonds is 5. The molecular formula is C23H19N3O6S. The van der Waals surface area contributed by atoms with Gasteiger partial charge in [0.05, 0.1) is 34.5 Å². The molecule has 0 spiro atoms. The molecule has 10 heteroatoms. The molecule has 3 aromatic rings. The Morgan fingerprint density at radius 2 is 1.73 bits per heavy atom. The third-order valence-corrected chi connectivity index (χ3v) is 5.91. The van der Waals surface area contributed by atoms with Crippen molar-refractivity contribution < 1.29 is 27.2 Å². The van der Waals surface area contributed by atoms with Crippen LogP contribution in [0.2, 0.25) is 0 Å². The average Bonchev–Trinajstić information content (AvgIpc) is 3.38. The van der Waals surface area contributed by atoms with Gasteiger partial charge in [0.2, 0.25) is 10.0 Å². The number of amides is 1. The molecule has 0 saturated carbocycles. The SMILES string of the molecule is COC(=O)c1ccc(N2N=C(C)/C(=C/c3ccc(-c4ccc(S(N)(=O)=O)cc4)o3)C2=O)cc1. The summed E-state index contributed by atoms with van der Waals surface area (Å²) in [5.41, 5.74) is 2.39. The highest BCUT2D eigenvalue weighted by molar-refractivity contribution is 7.89. The Morgan fingerprint density at radius 3 is 2.33 bits per heavy atom. The summed E-state index contributed by atoms with van der Waals surface area (Å²) in [5.74, 6) is 0.121. The maximum atomic E-state index is 12.9. The van der Waals surface area contributed by atoms with Gasteiger partial charge in [-0.25, -0.2) is 18.4 Å². The van der Waals surface area contributed by atoms with Crippen molar-refractivity contribution in [2.75, 3.05) is 12.1 Å². The van der Waals surface area contributed by atoms with Gasteiger partial charge in [-0.2, -0.15) is 10.1 Å². The molecule has 1 amide bonds. The van der Waals surface area contributed by atoms with Gasteiger partial charge >= 0.3 is 5.97 Å². The number of ether oxygens (including phenoxy) is 1. The van der Waals surface area contributed by atoms with Crippen molar-refractivity contribution in [3.63, 3.8) is 0 Å². The normalized spacial score (nSPS) is 15.1. The number of carbonyl (C=O) groups excluding carboxylic acids is 2. The van der Waals surface area contributed by atoms with E-state index in [1.54, 1.807) is 61.5 Å². The molecule has 2 N–H and O–H groups in total. The number of hydrogen-bond donors (Lipinski definition) is 1. The molecule has 0 fully saturated rings. The predicted molar refractivity (Wildman–Crippen MR) is 122 cm³/mol. The summed E-state index contributed by atoms with van der Waals surface area (Å²) in [4.78, 5) is 24.5. The van der Waals surface area contributed by atoms with Crippen LogP contribution in [-0.2, 0) is 19.6 Å². The fraction of sp³-hybridized carbons (Fsp3) is 0.0870. The number of hydrazone groups is 1. The third kappa shape index (κ3) is 4.47. The van der Waals surface area contributed by atoms with E-state index in [9.17, 15) is 18.0 Å². The van der Waals surface area contributed by atoms with E-state index in [1.807, 2.05) is 0 Å². The van der Waals surface area contributed by atoms with Crippen LogP contribution in [0.15, 0.2) is 80.7 Å². The van der Waals surface area contributed by atoms with E-state index in [4.69, 9.17) is 9.56 Å². The summed E-state index contributed by atoms with van der Waals surface area (Å²) >= 11 is 0. The lowest BCUT2D eigenvalue weighted by Crippen LogP contribution is -2.21. The number of sulfonamides is 1. The summed E-state index contributed by atoms with van der Waals surface area (Å²) < 4.78 is 33.3. The summed E-state index contributed by atoms with van der Waals surface area (Å²) in [6, 6.07) is 15.7. The van der Waals surface area contributed by atoms with Gasteiger partial charge < -0.3 is 9.15 Å². The van der Waals surface area contributed by atoms with Gasteiger partial charge in [-0.1, -0.05) is 0 Å². The minimum absolute atomic E-state index is 0.00301. The maximum Gasteiger partial charge on any atom is 0.337 e. The number of anilines is 1. The fourth-order valence-electron chi connectivity index (χ4n) is 3.25. The van der Waals surface area contributed by atoms with Gasteiger partial charge in [0.1, 0.15) is 11.5 Å². The smallest absolute Gasteiger partial charge is 0.337 e. The summed E-state index contributed by atoms with van der Waals surface area (Å²) in [6.07, 6.45) is 1.59. The first-order valence-electron chi connectivity index (χ1n) is 9.70. The molecule has 2 heterocycles. The zero-order chi connectivity index (χ0) is 23.8. The lowest BCUT2D eigenvalue weighted by Gasteiger charge is -2.12. The predicted octanol–water partition coefficient (Wildman–Crippen LogP) is 3.19.